The van der Waals surface area contributed by atoms with Crippen molar-refractivity contribution in [2.45, 2.75) is 45.7 Å². The van der Waals surface area contributed by atoms with E-state index >= 15 is 0 Å². The molecule has 1 N–H and O–H groups in total. The van der Waals surface area contributed by atoms with Crippen molar-refractivity contribution in [2.24, 2.45) is 0 Å². The van der Waals surface area contributed by atoms with Crippen LogP contribution in [-0.4, -0.2) is 24.7 Å². The lowest BCUT2D eigenvalue weighted by Gasteiger charge is -2.16. The second kappa shape index (κ2) is 8.71. The number of aryl methyl sites for hydroxylation is 1. The Morgan fingerprint density at radius 2 is 1.94 bits per heavy atom. The minimum Gasteiger partial charge on any atom is -0.366 e. The Morgan fingerprint density at radius 3 is 2.69 bits per heavy atom. The van der Waals surface area contributed by atoms with E-state index in [1.165, 1.54) is 5.56 Å². The number of pyridine rings is 3. The van der Waals surface area contributed by atoms with Gasteiger partial charge in [0.05, 0.1) is 28.3 Å². The Bertz CT molecular complexity index is 1230. The van der Waals surface area contributed by atoms with Gasteiger partial charge in [0.2, 0.25) is 0 Å². The topological polar surface area (TPSA) is 68.5 Å². The van der Waals surface area contributed by atoms with Crippen LogP contribution < -0.4 is 5.32 Å². The van der Waals surface area contributed by atoms with E-state index in [0.717, 1.165) is 59.0 Å². The molecule has 32 heavy (non-hydrogen) atoms. The molecule has 0 fully saturated rings. The Morgan fingerprint density at radius 1 is 1.06 bits per heavy atom. The lowest BCUT2D eigenvalue weighted by atomic mass is 10.0. The van der Waals surface area contributed by atoms with Gasteiger partial charge < -0.3 is 5.32 Å². The molecule has 0 atom stereocenters. The molecule has 0 saturated heterocycles. The minimum atomic E-state index is 0.225. The zero-order chi connectivity index (χ0) is 22.1. The summed E-state index contributed by atoms with van der Waals surface area (Å²) in [6, 6.07) is 12.2. The van der Waals surface area contributed by atoms with Crippen molar-refractivity contribution >= 4 is 17.4 Å². The highest BCUT2D eigenvalue weighted by Crippen LogP contribution is 2.38. The molecule has 0 unspecified atom stereocenters. The monoisotopic (exact) mass is 444 g/mol. The molecule has 0 spiro atoms. The lowest BCUT2D eigenvalue weighted by Crippen LogP contribution is -2.08. The number of anilines is 1. The van der Waals surface area contributed by atoms with E-state index in [9.17, 15) is 0 Å². The number of rotatable bonds is 6. The first-order chi connectivity index (χ1) is 15.6. The van der Waals surface area contributed by atoms with E-state index in [4.69, 9.17) is 16.6 Å². The van der Waals surface area contributed by atoms with Gasteiger partial charge in [0.1, 0.15) is 5.82 Å². The van der Waals surface area contributed by atoms with Crippen molar-refractivity contribution in [2.75, 3.05) is 5.32 Å². The van der Waals surface area contributed by atoms with Crippen molar-refractivity contribution in [1.82, 2.24) is 24.7 Å². The molecule has 7 heteroatoms. The van der Waals surface area contributed by atoms with Gasteiger partial charge in [-0.25, -0.2) is 4.98 Å². The van der Waals surface area contributed by atoms with Crippen LogP contribution >= 0.6 is 11.6 Å². The minimum absolute atomic E-state index is 0.225. The van der Waals surface area contributed by atoms with E-state index in [0.29, 0.717) is 11.6 Å². The first-order valence-electron chi connectivity index (χ1n) is 11.0. The number of hydrogen-bond acceptors (Lipinski definition) is 5. The third-order valence-corrected chi connectivity index (χ3v) is 6.05. The van der Waals surface area contributed by atoms with Crippen LogP contribution in [0.15, 0.2) is 55.0 Å². The number of halogens is 1. The normalized spacial score (nSPS) is 12.9. The molecule has 0 saturated carbocycles. The van der Waals surface area contributed by atoms with Gasteiger partial charge in [-0.05, 0) is 68.5 Å². The molecular formula is C25H25ClN6. The second-order valence-corrected chi connectivity index (χ2v) is 8.74. The Balaban J connectivity index is 1.41. The van der Waals surface area contributed by atoms with Crippen molar-refractivity contribution in [1.29, 1.82) is 0 Å². The summed E-state index contributed by atoms with van der Waals surface area (Å²) in [5, 5.41) is 8.66. The average Bonchev–Trinajstić information content (AvgIpc) is 3.45. The van der Waals surface area contributed by atoms with Crippen LogP contribution in [0.4, 0.5) is 5.82 Å². The number of aromatic nitrogens is 5. The predicted octanol–water partition coefficient (Wildman–Crippen LogP) is 5.74. The van der Waals surface area contributed by atoms with Crippen molar-refractivity contribution in [3.8, 4) is 22.6 Å². The molecule has 4 aromatic rings. The van der Waals surface area contributed by atoms with Gasteiger partial charge in [-0.2, -0.15) is 5.10 Å². The molecule has 0 aliphatic heterocycles. The fraction of sp³-hybridized carbons (Fsp3) is 0.280. The number of nitrogens with one attached hydrogen (secondary N) is 1. The molecule has 6 nitrogen and oxygen atoms in total. The van der Waals surface area contributed by atoms with E-state index < -0.39 is 0 Å². The van der Waals surface area contributed by atoms with Crippen molar-refractivity contribution < 1.29 is 0 Å². The molecule has 0 aromatic carbocycles. The summed E-state index contributed by atoms with van der Waals surface area (Å²) in [5.74, 6) is 0.849. The van der Waals surface area contributed by atoms with Crippen LogP contribution in [0.2, 0.25) is 5.02 Å². The standard InChI is InChI=1S/C25H25ClN6/c1-16(2)32-25(20(26)15-30-32)19-12-24(31-21-8-5-6-18(19)21)29-14-17-9-10-23(28-13-17)22-7-3-4-11-27-22/h3-4,7,9-13,15-16H,5-6,8,14H2,1-2H3,(H,29,31). The van der Waals surface area contributed by atoms with Gasteiger partial charge in [0, 0.05) is 36.2 Å². The van der Waals surface area contributed by atoms with Gasteiger partial charge >= 0.3 is 0 Å². The Hall–Kier alpha value is -3.25. The predicted molar refractivity (Wildman–Crippen MR) is 128 cm³/mol. The Labute approximate surface area is 192 Å². The highest BCUT2D eigenvalue weighted by atomic mass is 35.5. The lowest BCUT2D eigenvalue weighted by molar-refractivity contribution is 0.538. The summed E-state index contributed by atoms with van der Waals surface area (Å²) >= 11 is 6.58. The molecule has 162 valence electrons. The molecule has 4 aromatic heterocycles. The molecular weight excluding hydrogens is 420 g/mol. The van der Waals surface area contributed by atoms with Crippen LogP contribution in [0.25, 0.3) is 22.6 Å². The first kappa shape index (κ1) is 20.6. The first-order valence-corrected chi connectivity index (χ1v) is 11.3. The number of hydrogen-bond donors (Lipinski definition) is 1. The zero-order valence-corrected chi connectivity index (χ0v) is 19.0. The SMILES string of the molecule is CC(C)n1ncc(Cl)c1-c1cc(NCc2ccc(-c3ccccn3)nc2)nc2c1CCC2. The summed E-state index contributed by atoms with van der Waals surface area (Å²) in [7, 11) is 0. The molecule has 4 heterocycles. The van der Waals surface area contributed by atoms with Gasteiger partial charge in [0.25, 0.3) is 0 Å². The van der Waals surface area contributed by atoms with Crippen LogP contribution in [0.3, 0.4) is 0 Å². The van der Waals surface area contributed by atoms with E-state index in [2.05, 4.69) is 46.4 Å². The second-order valence-electron chi connectivity index (χ2n) is 8.33. The third kappa shape index (κ3) is 3.98. The highest BCUT2D eigenvalue weighted by molar-refractivity contribution is 6.33. The molecule has 1 aliphatic rings. The maximum atomic E-state index is 6.58. The van der Waals surface area contributed by atoms with Gasteiger partial charge in [0.15, 0.2) is 0 Å². The summed E-state index contributed by atoms with van der Waals surface area (Å²) in [5.41, 5.74) is 7.38. The number of nitrogens with zero attached hydrogens (tertiary/aromatic N) is 5. The molecule has 0 amide bonds. The quantitative estimate of drug-likeness (QED) is 0.411. The van der Waals surface area contributed by atoms with Gasteiger partial charge in [-0.15, -0.1) is 0 Å². The maximum absolute atomic E-state index is 6.58. The zero-order valence-electron chi connectivity index (χ0n) is 18.2. The van der Waals surface area contributed by atoms with Crippen LogP contribution in [0, 0.1) is 0 Å². The molecule has 1 aliphatic carbocycles. The summed E-state index contributed by atoms with van der Waals surface area (Å²) < 4.78 is 2.00. The largest absolute Gasteiger partial charge is 0.366 e. The third-order valence-electron chi connectivity index (χ3n) is 5.77. The summed E-state index contributed by atoms with van der Waals surface area (Å²) in [6.07, 6.45) is 8.53. The summed E-state index contributed by atoms with van der Waals surface area (Å²) in [4.78, 5) is 13.8. The van der Waals surface area contributed by atoms with E-state index in [1.54, 1.807) is 12.4 Å². The van der Waals surface area contributed by atoms with Gasteiger partial charge in [-0.3, -0.25) is 14.6 Å². The summed E-state index contributed by atoms with van der Waals surface area (Å²) in [6.45, 7) is 4.88. The van der Waals surface area contributed by atoms with Gasteiger partial charge in [-0.1, -0.05) is 23.7 Å². The van der Waals surface area contributed by atoms with Crippen molar-refractivity contribution in [3.63, 3.8) is 0 Å². The van der Waals surface area contributed by atoms with E-state index in [-0.39, 0.29) is 6.04 Å². The smallest absolute Gasteiger partial charge is 0.127 e. The van der Waals surface area contributed by atoms with Crippen molar-refractivity contribution in [3.05, 3.63) is 76.8 Å². The van der Waals surface area contributed by atoms with Crippen LogP contribution in [0.1, 0.15) is 43.1 Å². The van der Waals surface area contributed by atoms with Crippen LogP contribution in [0.5, 0.6) is 0 Å². The molecule has 5 rings (SSSR count). The number of fused-ring (bicyclic) bond motifs is 1. The maximum Gasteiger partial charge on any atom is 0.127 e. The highest BCUT2D eigenvalue weighted by Gasteiger charge is 2.23. The average molecular weight is 445 g/mol. The molecule has 0 radical (unpaired) electrons. The fourth-order valence-electron chi connectivity index (χ4n) is 4.22. The Kier molecular flexibility index (Phi) is 5.62. The van der Waals surface area contributed by atoms with Crippen LogP contribution in [-0.2, 0) is 19.4 Å². The van der Waals surface area contributed by atoms with E-state index in [1.807, 2.05) is 35.1 Å². The fourth-order valence-corrected chi connectivity index (χ4v) is 4.45. The molecule has 0 bridgehead atoms.